The molecule has 130 valence electrons. The maximum Gasteiger partial charge on any atom is 0.355 e. The summed E-state index contributed by atoms with van der Waals surface area (Å²) >= 11 is 0. The highest BCUT2D eigenvalue weighted by atomic mass is 16.5. The molecule has 0 bridgehead atoms. The minimum absolute atomic E-state index is 0.0882. The molecule has 0 spiro atoms. The van der Waals surface area contributed by atoms with Crippen LogP contribution in [0.3, 0.4) is 0 Å². The van der Waals surface area contributed by atoms with Gasteiger partial charge in [-0.05, 0) is 63.2 Å². The van der Waals surface area contributed by atoms with Crippen LogP contribution in [-0.2, 0) is 4.74 Å². The Kier molecular flexibility index (Phi) is 4.65. The smallest absolute Gasteiger partial charge is 0.355 e. The number of carbonyl (C=O) groups is 1. The number of benzene rings is 2. The van der Waals surface area contributed by atoms with E-state index in [4.69, 9.17) is 9.47 Å². The molecule has 0 fully saturated rings. The maximum absolute atomic E-state index is 12.4. The topological polar surface area (TPSA) is 60.7 Å². The Balaban J connectivity index is 2.13. The summed E-state index contributed by atoms with van der Waals surface area (Å²) in [5.74, 6) is 0.499. The van der Waals surface area contributed by atoms with Gasteiger partial charge in [0.05, 0.1) is 18.2 Å². The number of fused-ring (bicyclic) bond motifs is 1. The number of hydrogen-bond acceptors (Lipinski definition) is 4. The van der Waals surface area contributed by atoms with Gasteiger partial charge in [0, 0.05) is 17.1 Å². The summed E-state index contributed by atoms with van der Waals surface area (Å²) in [6.07, 6.45) is 0.0882. The Hall–Kier alpha value is -2.95. The molecule has 0 aliphatic heterocycles. The Labute approximate surface area is 146 Å². The highest BCUT2D eigenvalue weighted by molar-refractivity contribution is 5.97. The van der Waals surface area contributed by atoms with Gasteiger partial charge in [0.1, 0.15) is 17.2 Å². The molecule has 0 radical (unpaired) electrons. The molecule has 5 heteroatoms. The van der Waals surface area contributed by atoms with Gasteiger partial charge in [0.25, 0.3) is 0 Å². The third-order valence-corrected chi connectivity index (χ3v) is 3.74. The molecule has 0 unspecified atom stereocenters. The van der Waals surface area contributed by atoms with Gasteiger partial charge in [0.2, 0.25) is 0 Å². The third kappa shape index (κ3) is 3.45. The van der Waals surface area contributed by atoms with Gasteiger partial charge in [-0.15, -0.1) is 0 Å². The van der Waals surface area contributed by atoms with Gasteiger partial charge >= 0.3 is 5.97 Å². The van der Waals surface area contributed by atoms with Crippen LogP contribution in [0.2, 0.25) is 0 Å². The van der Waals surface area contributed by atoms with Crippen molar-refractivity contribution >= 4 is 16.9 Å². The average Bonchev–Trinajstić information content (AvgIpc) is 2.94. The molecule has 1 N–H and O–H groups in total. The van der Waals surface area contributed by atoms with E-state index in [1.165, 1.54) is 0 Å². The summed E-state index contributed by atoms with van der Waals surface area (Å²) in [4.78, 5) is 12.4. The highest BCUT2D eigenvalue weighted by Gasteiger charge is 2.18. The molecule has 3 aromatic rings. The fraction of sp³-hybridized carbons (Fsp3) is 0.250. The summed E-state index contributed by atoms with van der Waals surface area (Å²) in [6, 6.07) is 14.3. The Morgan fingerprint density at radius 2 is 1.84 bits per heavy atom. The minimum Gasteiger partial charge on any atom is -0.508 e. The molecule has 25 heavy (non-hydrogen) atoms. The van der Waals surface area contributed by atoms with Crippen molar-refractivity contribution in [1.82, 2.24) is 4.57 Å². The van der Waals surface area contributed by atoms with E-state index in [9.17, 15) is 9.90 Å². The molecule has 0 atom stereocenters. The molecule has 0 aliphatic carbocycles. The number of esters is 1. The van der Waals surface area contributed by atoms with Crippen molar-refractivity contribution in [3.63, 3.8) is 0 Å². The maximum atomic E-state index is 12.4. The van der Waals surface area contributed by atoms with Crippen molar-refractivity contribution in [1.29, 1.82) is 0 Å². The van der Waals surface area contributed by atoms with Gasteiger partial charge in [-0.1, -0.05) is 0 Å². The van der Waals surface area contributed by atoms with E-state index < -0.39 is 5.97 Å². The zero-order valence-corrected chi connectivity index (χ0v) is 14.5. The normalized spacial score (nSPS) is 11.0. The second kappa shape index (κ2) is 6.89. The molecular weight excluding hydrogens is 318 g/mol. The molecule has 1 heterocycles. The van der Waals surface area contributed by atoms with Gasteiger partial charge in [-0.3, -0.25) is 0 Å². The van der Waals surface area contributed by atoms with Crippen LogP contribution in [0, 0.1) is 0 Å². The molecule has 0 saturated carbocycles. The standard InChI is InChI=1S/C20H21NO4/c1-4-24-20(23)19-11-14-5-8-16(22)12-18(14)21(19)15-6-9-17(10-7-15)25-13(2)3/h5-13,22H,4H2,1-3H3. The lowest BCUT2D eigenvalue weighted by atomic mass is 10.2. The fourth-order valence-electron chi connectivity index (χ4n) is 2.77. The predicted molar refractivity (Wildman–Crippen MR) is 96.7 cm³/mol. The van der Waals surface area contributed by atoms with Crippen molar-refractivity contribution in [2.24, 2.45) is 0 Å². The first kappa shape index (κ1) is 16.9. The molecule has 0 amide bonds. The summed E-state index contributed by atoms with van der Waals surface area (Å²) in [7, 11) is 0. The largest absolute Gasteiger partial charge is 0.508 e. The van der Waals surface area contributed by atoms with Gasteiger partial charge in [0.15, 0.2) is 0 Å². The molecule has 2 aromatic carbocycles. The summed E-state index contributed by atoms with van der Waals surface area (Å²) in [6.45, 7) is 6.01. The van der Waals surface area contributed by atoms with E-state index >= 15 is 0 Å². The second-order valence-corrected chi connectivity index (χ2v) is 5.99. The van der Waals surface area contributed by atoms with Crippen LogP contribution in [-0.4, -0.2) is 28.4 Å². The minimum atomic E-state index is -0.402. The number of aromatic hydroxyl groups is 1. The average molecular weight is 339 g/mol. The van der Waals surface area contributed by atoms with Gasteiger partial charge in [-0.2, -0.15) is 0 Å². The van der Waals surface area contributed by atoms with E-state index in [0.717, 1.165) is 22.3 Å². The van der Waals surface area contributed by atoms with Crippen LogP contribution in [0.5, 0.6) is 11.5 Å². The first-order chi connectivity index (χ1) is 12.0. The van der Waals surface area contributed by atoms with E-state index in [1.54, 1.807) is 35.8 Å². The monoisotopic (exact) mass is 339 g/mol. The molecular formula is C20H21NO4. The van der Waals surface area contributed by atoms with Crippen LogP contribution in [0.1, 0.15) is 31.3 Å². The molecule has 3 rings (SSSR count). The van der Waals surface area contributed by atoms with Crippen molar-refractivity contribution in [3.8, 4) is 17.2 Å². The summed E-state index contributed by atoms with van der Waals surface area (Å²) < 4.78 is 12.6. The molecule has 0 saturated heterocycles. The highest BCUT2D eigenvalue weighted by Crippen LogP contribution is 2.29. The van der Waals surface area contributed by atoms with Crippen LogP contribution in [0.15, 0.2) is 48.5 Å². The Morgan fingerprint density at radius 1 is 1.12 bits per heavy atom. The number of hydrogen-bond donors (Lipinski definition) is 1. The van der Waals surface area contributed by atoms with Crippen molar-refractivity contribution in [2.75, 3.05) is 6.61 Å². The van der Waals surface area contributed by atoms with E-state index in [-0.39, 0.29) is 11.9 Å². The third-order valence-electron chi connectivity index (χ3n) is 3.74. The summed E-state index contributed by atoms with van der Waals surface area (Å²) in [5, 5.41) is 10.7. The SMILES string of the molecule is CCOC(=O)c1cc2ccc(O)cc2n1-c1ccc(OC(C)C)cc1. The lowest BCUT2D eigenvalue weighted by Gasteiger charge is -2.13. The molecule has 1 aromatic heterocycles. The number of aromatic nitrogens is 1. The zero-order valence-electron chi connectivity index (χ0n) is 14.5. The van der Waals surface area contributed by atoms with Gasteiger partial charge < -0.3 is 19.1 Å². The van der Waals surface area contributed by atoms with E-state index in [1.807, 2.05) is 38.1 Å². The van der Waals surface area contributed by atoms with Crippen molar-refractivity contribution < 1.29 is 19.4 Å². The lowest BCUT2D eigenvalue weighted by Crippen LogP contribution is -2.11. The van der Waals surface area contributed by atoms with Crippen molar-refractivity contribution in [2.45, 2.75) is 26.9 Å². The molecule has 0 aliphatic rings. The van der Waals surface area contributed by atoms with Crippen LogP contribution < -0.4 is 4.74 Å². The number of phenolic OH excluding ortho intramolecular Hbond substituents is 1. The Morgan fingerprint density at radius 3 is 2.48 bits per heavy atom. The summed E-state index contributed by atoms with van der Waals surface area (Å²) in [5.41, 5.74) is 1.94. The van der Waals surface area contributed by atoms with Gasteiger partial charge in [-0.25, -0.2) is 4.79 Å². The lowest BCUT2D eigenvalue weighted by molar-refractivity contribution is 0.0517. The predicted octanol–water partition coefficient (Wildman–Crippen LogP) is 4.30. The quantitative estimate of drug-likeness (QED) is 0.704. The van der Waals surface area contributed by atoms with E-state index in [0.29, 0.717) is 12.3 Å². The number of ether oxygens (including phenoxy) is 2. The number of phenols is 1. The van der Waals surface area contributed by atoms with Crippen LogP contribution >= 0.6 is 0 Å². The fourth-order valence-corrected chi connectivity index (χ4v) is 2.77. The first-order valence-corrected chi connectivity index (χ1v) is 8.28. The zero-order chi connectivity index (χ0) is 18.0. The van der Waals surface area contributed by atoms with Crippen LogP contribution in [0.4, 0.5) is 0 Å². The molecule has 5 nitrogen and oxygen atoms in total. The first-order valence-electron chi connectivity index (χ1n) is 8.28. The number of carbonyl (C=O) groups excluding carboxylic acids is 1. The van der Waals surface area contributed by atoms with E-state index in [2.05, 4.69) is 0 Å². The van der Waals surface area contributed by atoms with Crippen LogP contribution in [0.25, 0.3) is 16.6 Å². The second-order valence-electron chi connectivity index (χ2n) is 5.99. The number of nitrogens with zero attached hydrogens (tertiary/aromatic N) is 1. The Bertz CT molecular complexity index is 894. The van der Waals surface area contributed by atoms with Crippen molar-refractivity contribution in [3.05, 3.63) is 54.2 Å². The number of rotatable bonds is 5.